The van der Waals surface area contributed by atoms with Crippen molar-refractivity contribution in [1.29, 1.82) is 0 Å². The second kappa shape index (κ2) is 8.13. The maximum Gasteiger partial charge on any atom is 0.229 e. The number of nitrogens with zero attached hydrogens (tertiary/aromatic N) is 4. The Morgan fingerprint density at radius 1 is 1.30 bits per heavy atom. The van der Waals surface area contributed by atoms with Crippen molar-refractivity contribution in [3.05, 3.63) is 47.3 Å². The van der Waals surface area contributed by atoms with Crippen molar-refractivity contribution in [2.75, 3.05) is 11.9 Å². The molecule has 0 radical (unpaired) electrons. The largest absolute Gasteiger partial charge is 0.325 e. The fourth-order valence-electron chi connectivity index (χ4n) is 3.12. The van der Waals surface area contributed by atoms with Crippen LogP contribution in [-0.2, 0) is 30.7 Å². The first-order valence-electron chi connectivity index (χ1n) is 9.67. The van der Waals surface area contributed by atoms with Crippen LogP contribution in [0.25, 0.3) is 0 Å². The highest BCUT2D eigenvalue weighted by atomic mass is 16.2. The first-order valence-corrected chi connectivity index (χ1v) is 9.67. The van der Waals surface area contributed by atoms with Gasteiger partial charge in [-0.3, -0.25) is 14.7 Å². The Labute approximate surface area is 161 Å². The SMILES string of the molecule is CCCc1ncc2c(n1)CCN(Cc1cnccc1NC(=O)C(C)(C)C)C2. The minimum absolute atomic E-state index is 0.00999. The van der Waals surface area contributed by atoms with Gasteiger partial charge >= 0.3 is 0 Å². The molecule has 0 aliphatic carbocycles. The van der Waals surface area contributed by atoms with Gasteiger partial charge in [-0.25, -0.2) is 9.97 Å². The monoisotopic (exact) mass is 367 g/mol. The molecule has 0 bridgehead atoms. The second-order valence-electron chi connectivity index (χ2n) is 8.21. The van der Waals surface area contributed by atoms with Gasteiger partial charge in [0.2, 0.25) is 5.91 Å². The molecule has 1 N–H and O–H groups in total. The smallest absolute Gasteiger partial charge is 0.229 e. The van der Waals surface area contributed by atoms with Gasteiger partial charge in [-0.2, -0.15) is 0 Å². The Bertz CT molecular complexity index is 812. The van der Waals surface area contributed by atoms with E-state index in [0.717, 1.165) is 56.0 Å². The average Bonchev–Trinajstić information content (AvgIpc) is 2.63. The number of aryl methyl sites for hydroxylation is 1. The van der Waals surface area contributed by atoms with Crippen LogP contribution in [-0.4, -0.2) is 32.3 Å². The molecule has 1 aliphatic rings. The molecule has 6 heteroatoms. The van der Waals surface area contributed by atoms with Crippen LogP contribution < -0.4 is 5.32 Å². The Morgan fingerprint density at radius 2 is 2.11 bits per heavy atom. The predicted octanol–water partition coefficient (Wildman–Crippen LogP) is 3.37. The standard InChI is InChI=1S/C21H29N5O/c1-5-6-19-23-12-16-14-26(10-8-18(16)24-19)13-15-11-22-9-7-17(15)25-20(27)21(2,3)4/h7,9,11-12H,5-6,8,10,13-14H2,1-4H3,(H,22,25,27). The molecule has 27 heavy (non-hydrogen) atoms. The van der Waals surface area contributed by atoms with Crippen LogP contribution in [0.2, 0.25) is 0 Å². The summed E-state index contributed by atoms with van der Waals surface area (Å²) in [7, 11) is 0. The van der Waals surface area contributed by atoms with E-state index in [1.54, 1.807) is 6.20 Å². The lowest BCUT2D eigenvalue weighted by Gasteiger charge is -2.29. The summed E-state index contributed by atoms with van der Waals surface area (Å²) in [5, 5.41) is 3.05. The number of aromatic nitrogens is 3. The van der Waals surface area contributed by atoms with Gasteiger partial charge in [0.05, 0.1) is 0 Å². The van der Waals surface area contributed by atoms with Crippen molar-refractivity contribution in [3.8, 4) is 0 Å². The number of hydrogen-bond donors (Lipinski definition) is 1. The molecule has 144 valence electrons. The summed E-state index contributed by atoms with van der Waals surface area (Å²) in [5.41, 5.74) is 3.81. The van der Waals surface area contributed by atoms with E-state index in [9.17, 15) is 4.79 Å². The van der Waals surface area contributed by atoms with Crippen LogP contribution in [0.15, 0.2) is 24.7 Å². The van der Waals surface area contributed by atoms with Gasteiger partial charge in [-0.15, -0.1) is 0 Å². The van der Waals surface area contributed by atoms with Crippen LogP contribution in [0.1, 0.15) is 56.8 Å². The Kier molecular flexibility index (Phi) is 5.85. The van der Waals surface area contributed by atoms with Crippen LogP contribution >= 0.6 is 0 Å². The molecular formula is C21H29N5O. The van der Waals surface area contributed by atoms with Gasteiger partial charge in [0.1, 0.15) is 5.82 Å². The number of amides is 1. The molecule has 1 aliphatic heterocycles. The maximum absolute atomic E-state index is 12.4. The van der Waals surface area contributed by atoms with Crippen molar-refractivity contribution < 1.29 is 4.79 Å². The van der Waals surface area contributed by atoms with E-state index in [4.69, 9.17) is 4.98 Å². The van der Waals surface area contributed by atoms with Gasteiger partial charge in [-0.1, -0.05) is 27.7 Å². The highest BCUT2D eigenvalue weighted by Gasteiger charge is 2.23. The summed E-state index contributed by atoms with van der Waals surface area (Å²) in [4.78, 5) is 28.2. The van der Waals surface area contributed by atoms with Gasteiger partial charge in [0.15, 0.2) is 0 Å². The molecule has 0 unspecified atom stereocenters. The predicted molar refractivity (Wildman–Crippen MR) is 106 cm³/mol. The van der Waals surface area contributed by atoms with Crippen LogP contribution in [0.5, 0.6) is 0 Å². The second-order valence-corrected chi connectivity index (χ2v) is 8.21. The van der Waals surface area contributed by atoms with Crippen molar-refractivity contribution in [1.82, 2.24) is 19.9 Å². The number of hydrogen-bond acceptors (Lipinski definition) is 5. The van der Waals surface area contributed by atoms with Crippen molar-refractivity contribution in [3.63, 3.8) is 0 Å². The van der Waals surface area contributed by atoms with E-state index in [-0.39, 0.29) is 5.91 Å². The fraction of sp³-hybridized carbons (Fsp3) is 0.524. The van der Waals surface area contributed by atoms with E-state index in [0.29, 0.717) is 0 Å². The van der Waals surface area contributed by atoms with E-state index in [1.807, 2.05) is 39.2 Å². The minimum Gasteiger partial charge on any atom is -0.325 e. The topological polar surface area (TPSA) is 71.0 Å². The van der Waals surface area contributed by atoms with E-state index in [2.05, 4.69) is 27.1 Å². The molecule has 0 saturated carbocycles. The summed E-state index contributed by atoms with van der Waals surface area (Å²) >= 11 is 0. The van der Waals surface area contributed by atoms with Crippen LogP contribution in [0.3, 0.4) is 0 Å². The molecule has 0 fully saturated rings. The maximum atomic E-state index is 12.4. The molecule has 0 atom stereocenters. The van der Waals surface area contributed by atoms with Crippen LogP contribution in [0.4, 0.5) is 5.69 Å². The van der Waals surface area contributed by atoms with Crippen molar-refractivity contribution >= 4 is 11.6 Å². The third-order valence-corrected chi connectivity index (χ3v) is 4.76. The first-order chi connectivity index (χ1) is 12.9. The zero-order chi connectivity index (χ0) is 19.4. The lowest BCUT2D eigenvalue weighted by Crippen LogP contribution is -2.32. The van der Waals surface area contributed by atoms with Gasteiger partial charge < -0.3 is 5.32 Å². The van der Waals surface area contributed by atoms with Crippen molar-refractivity contribution in [2.45, 2.75) is 60.0 Å². The highest BCUT2D eigenvalue weighted by Crippen LogP contribution is 2.24. The number of anilines is 1. The molecule has 0 aromatic carbocycles. The number of pyridine rings is 1. The summed E-state index contributed by atoms with van der Waals surface area (Å²) in [5.74, 6) is 0.958. The summed E-state index contributed by atoms with van der Waals surface area (Å²) in [6.45, 7) is 10.4. The number of nitrogens with one attached hydrogen (secondary N) is 1. The van der Waals surface area contributed by atoms with Gasteiger partial charge in [0, 0.05) is 79.0 Å². The van der Waals surface area contributed by atoms with E-state index >= 15 is 0 Å². The Hall–Kier alpha value is -2.34. The number of fused-ring (bicyclic) bond motifs is 1. The zero-order valence-electron chi connectivity index (χ0n) is 16.7. The van der Waals surface area contributed by atoms with Crippen molar-refractivity contribution in [2.24, 2.45) is 5.41 Å². The molecule has 0 saturated heterocycles. The minimum atomic E-state index is -0.432. The summed E-state index contributed by atoms with van der Waals surface area (Å²) in [6, 6.07) is 1.87. The first kappa shape index (κ1) is 19.4. The average molecular weight is 367 g/mol. The third kappa shape index (κ3) is 4.89. The fourth-order valence-corrected chi connectivity index (χ4v) is 3.12. The Balaban J connectivity index is 1.71. The lowest BCUT2D eigenvalue weighted by molar-refractivity contribution is -0.123. The molecule has 0 spiro atoms. The van der Waals surface area contributed by atoms with Crippen LogP contribution in [0, 0.1) is 5.41 Å². The number of carbonyl (C=O) groups is 1. The van der Waals surface area contributed by atoms with E-state index in [1.165, 1.54) is 11.3 Å². The molecule has 6 nitrogen and oxygen atoms in total. The number of carbonyl (C=O) groups excluding carboxylic acids is 1. The third-order valence-electron chi connectivity index (χ3n) is 4.76. The van der Waals surface area contributed by atoms with E-state index < -0.39 is 5.41 Å². The summed E-state index contributed by atoms with van der Waals surface area (Å²) in [6.07, 6.45) is 8.47. The molecule has 2 aromatic heterocycles. The van der Waals surface area contributed by atoms with Gasteiger partial charge in [0.25, 0.3) is 0 Å². The quantitative estimate of drug-likeness (QED) is 0.877. The molecule has 1 amide bonds. The van der Waals surface area contributed by atoms with Gasteiger partial charge in [-0.05, 0) is 12.5 Å². The summed E-state index contributed by atoms with van der Waals surface area (Å²) < 4.78 is 0. The molecule has 3 heterocycles. The molecule has 2 aromatic rings. The molecule has 3 rings (SSSR count). The molecular weight excluding hydrogens is 338 g/mol. The highest BCUT2D eigenvalue weighted by molar-refractivity contribution is 5.95. The normalized spacial score (nSPS) is 14.7. The zero-order valence-corrected chi connectivity index (χ0v) is 16.7. The number of rotatable bonds is 5. The Morgan fingerprint density at radius 3 is 2.85 bits per heavy atom. The lowest BCUT2D eigenvalue weighted by atomic mass is 9.95.